The number of aliphatic hydroxyl groups is 1. The van der Waals surface area contributed by atoms with E-state index in [4.69, 9.17) is 14.6 Å². The molecule has 0 aromatic heterocycles. The van der Waals surface area contributed by atoms with Crippen molar-refractivity contribution in [3.05, 3.63) is 29.6 Å². The van der Waals surface area contributed by atoms with Gasteiger partial charge in [-0.15, -0.1) is 0 Å². The smallest absolute Gasteiger partial charge is 0.124 e. The first-order valence-electron chi connectivity index (χ1n) is 5.28. The van der Waals surface area contributed by atoms with Crippen molar-refractivity contribution in [1.29, 1.82) is 0 Å². The summed E-state index contributed by atoms with van der Waals surface area (Å²) < 4.78 is 23.7. The van der Waals surface area contributed by atoms with Crippen molar-refractivity contribution >= 4 is 0 Å². The second-order valence-electron chi connectivity index (χ2n) is 3.38. The van der Waals surface area contributed by atoms with E-state index in [1.54, 1.807) is 6.07 Å². The van der Waals surface area contributed by atoms with Gasteiger partial charge >= 0.3 is 0 Å². The van der Waals surface area contributed by atoms with Crippen molar-refractivity contribution < 1.29 is 19.0 Å². The minimum absolute atomic E-state index is 0.0475. The molecular weight excluding hydrogens is 211 g/mol. The summed E-state index contributed by atoms with van der Waals surface area (Å²) in [7, 11) is 1.54. The molecule has 0 bridgehead atoms. The number of hydrogen-bond acceptors (Lipinski definition) is 3. The Morgan fingerprint density at radius 3 is 2.75 bits per heavy atom. The SMILES string of the molecule is CC[C@H](OCCO)c1cc(F)ccc1OC. The van der Waals surface area contributed by atoms with Crippen molar-refractivity contribution in [3.8, 4) is 5.75 Å². The van der Waals surface area contributed by atoms with Gasteiger partial charge in [0.25, 0.3) is 0 Å². The summed E-state index contributed by atoms with van der Waals surface area (Å²) in [6, 6.07) is 4.33. The van der Waals surface area contributed by atoms with Crippen LogP contribution in [0.4, 0.5) is 4.39 Å². The summed E-state index contributed by atoms with van der Waals surface area (Å²) in [5.41, 5.74) is 0.679. The van der Waals surface area contributed by atoms with Gasteiger partial charge in [-0.25, -0.2) is 4.39 Å². The summed E-state index contributed by atoms with van der Waals surface area (Å²) in [4.78, 5) is 0. The van der Waals surface area contributed by atoms with E-state index < -0.39 is 0 Å². The zero-order chi connectivity index (χ0) is 12.0. The van der Waals surface area contributed by atoms with E-state index in [9.17, 15) is 4.39 Å². The fourth-order valence-corrected chi connectivity index (χ4v) is 1.58. The number of aliphatic hydroxyl groups excluding tert-OH is 1. The molecule has 4 heteroatoms. The molecule has 3 nitrogen and oxygen atoms in total. The summed E-state index contributed by atoms with van der Waals surface area (Å²) >= 11 is 0. The molecule has 0 spiro atoms. The fraction of sp³-hybridized carbons (Fsp3) is 0.500. The molecule has 0 heterocycles. The lowest BCUT2D eigenvalue weighted by molar-refractivity contribution is 0.0243. The summed E-state index contributed by atoms with van der Waals surface area (Å²) in [5, 5.41) is 8.71. The van der Waals surface area contributed by atoms with Crippen molar-refractivity contribution in [1.82, 2.24) is 0 Å². The Bertz CT molecular complexity index is 328. The molecule has 0 amide bonds. The van der Waals surface area contributed by atoms with Crippen molar-refractivity contribution in [2.75, 3.05) is 20.3 Å². The zero-order valence-electron chi connectivity index (χ0n) is 9.57. The lowest BCUT2D eigenvalue weighted by atomic mass is 10.1. The van der Waals surface area contributed by atoms with Crippen LogP contribution in [-0.4, -0.2) is 25.4 Å². The highest BCUT2D eigenvalue weighted by molar-refractivity contribution is 5.35. The molecule has 0 radical (unpaired) electrons. The normalized spacial score (nSPS) is 12.5. The average Bonchev–Trinajstić information content (AvgIpc) is 2.30. The van der Waals surface area contributed by atoms with Gasteiger partial charge in [0.1, 0.15) is 11.6 Å². The molecule has 1 rings (SSSR count). The van der Waals surface area contributed by atoms with Gasteiger partial charge < -0.3 is 14.6 Å². The number of ether oxygens (including phenoxy) is 2. The van der Waals surface area contributed by atoms with Crippen LogP contribution in [-0.2, 0) is 4.74 Å². The van der Waals surface area contributed by atoms with Gasteiger partial charge in [0.2, 0.25) is 0 Å². The van der Waals surface area contributed by atoms with Gasteiger partial charge in [-0.2, -0.15) is 0 Å². The topological polar surface area (TPSA) is 38.7 Å². The highest BCUT2D eigenvalue weighted by atomic mass is 19.1. The van der Waals surface area contributed by atoms with Crippen LogP contribution in [0.3, 0.4) is 0 Å². The quantitative estimate of drug-likeness (QED) is 0.812. The Labute approximate surface area is 94.8 Å². The maximum absolute atomic E-state index is 13.1. The molecule has 16 heavy (non-hydrogen) atoms. The predicted molar refractivity (Wildman–Crippen MR) is 59.0 cm³/mol. The third kappa shape index (κ3) is 3.18. The minimum Gasteiger partial charge on any atom is -0.496 e. The third-order valence-corrected chi connectivity index (χ3v) is 2.32. The maximum atomic E-state index is 13.1. The van der Waals surface area contributed by atoms with E-state index in [1.807, 2.05) is 6.92 Å². The number of hydrogen-bond donors (Lipinski definition) is 1. The molecule has 90 valence electrons. The first-order valence-corrected chi connectivity index (χ1v) is 5.28. The van der Waals surface area contributed by atoms with E-state index in [2.05, 4.69) is 0 Å². The molecular formula is C12H17FO3. The summed E-state index contributed by atoms with van der Waals surface area (Å²) in [6.07, 6.45) is 0.442. The van der Waals surface area contributed by atoms with E-state index in [1.165, 1.54) is 19.2 Å². The first-order chi connectivity index (χ1) is 7.72. The first kappa shape index (κ1) is 12.9. The van der Waals surface area contributed by atoms with Crippen molar-refractivity contribution in [2.45, 2.75) is 19.4 Å². The molecule has 1 aromatic rings. The summed E-state index contributed by atoms with van der Waals surface area (Å²) in [6.45, 7) is 2.12. The molecule has 0 unspecified atom stereocenters. The molecule has 0 aliphatic carbocycles. The van der Waals surface area contributed by atoms with Crippen LogP contribution in [0.15, 0.2) is 18.2 Å². The third-order valence-electron chi connectivity index (χ3n) is 2.32. The summed E-state index contributed by atoms with van der Waals surface area (Å²) in [5.74, 6) is 0.285. The number of rotatable bonds is 6. The van der Waals surface area contributed by atoms with Gasteiger partial charge in [0.15, 0.2) is 0 Å². The van der Waals surface area contributed by atoms with Crippen LogP contribution in [0.25, 0.3) is 0 Å². The highest BCUT2D eigenvalue weighted by Crippen LogP contribution is 2.30. The monoisotopic (exact) mass is 228 g/mol. The van der Waals surface area contributed by atoms with Gasteiger partial charge in [-0.1, -0.05) is 6.92 Å². The molecule has 0 fully saturated rings. The average molecular weight is 228 g/mol. The van der Waals surface area contributed by atoms with Crippen LogP contribution < -0.4 is 4.74 Å². The molecule has 0 aliphatic rings. The number of methoxy groups -OCH3 is 1. The van der Waals surface area contributed by atoms with Crippen LogP contribution in [0, 0.1) is 5.82 Å². The molecule has 1 atom stereocenters. The van der Waals surface area contributed by atoms with Crippen LogP contribution in [0.1, 0.15) is 25.0 Å². The van der Waals surface area contributed by atoms with Crippen LogP contribution >= 0.6 is 0 Å². The van der Waals surface area contributed by atoms with E-state index in [0.29, 0.717) is 17.7 Å². The second kappa shape index (κ2) is 6.45. The van der Waals surface area contributed by atoms with Crippen molar-refractivity contribution in [2.24, 2.45) is 0 Å². The maximum Gasteiger partial charge on any atom is 0.124 e. The highest BCUT2D eigenvalue weighted by Gasteiger charge is 2.15. The Morgan fingerprint density at radius 2 is 2.19 bits per heavy atom. The Hall–Kier alpha value is -1.13. The lowest BCUT2D eigenvalue weighted by Gasteiger charge is -2.18. The van der Waals surface area contributed by atoms with Crippen LogP contribution in [0.2, 0.25) is 0 Å². The van der Waals surface area contributed by atoms with Gasteiger partial charge in [0, 0.05) is 5.56 Å². The van der Waals surface area contributed by atoms with Gasteiger partial charge in [-0.05, 0) is 24.6 Å². The Morgan fingerprint density at radius 1 is 1.44 bits per heavy atom. The molecule has 0 saturated carbocycles. The largest absolute Gasteiger partial charge is 0.496 e. The second-order valence-corrected chi connectivity index (χ2v) is 3.38. The molecule has 1 aromatic carbocycles. The Balaban J connectivity index is 2.92. The molecule has 1 N–H and O–H groups in total. The van der Waals surface area contributed by atoms with E-state index >= 15 is 0 Å². The Kier molecular flexibility index (Phi) is 5.22. The standard InChI is InChI=1S/C12H17FO3/c1-3-11(16-7-6-14)10-8-9(13)4-5-12(10)15-2/h4-5,8,11,14H,3,6-7H2,1-2H3/t11-/m0/s1. The molecule has 0 aliphatic heterocycles. The number of halogens is 1. The van der Waals surface area contributed by atoms with Crippen molar-refractivity contribution in [3.63, 3.8) is 0 Å². The minimum atomic E-state index is -0.318. The fourth-order valence-electron chi connectivity index (χ4n) is 1.58. The van der Waals surface area contributed by atoms with Crippen LogP contribution in [0.5, 0.6) is 5.75 Å². The van der Waals surface area contributed by atoms with Gasteiger partial charge in [0.05, 0.1) is 26.4 Å². The van der Waals surface area contributed by atoms with Gasteiger partial charge in [-0.3, -0.25) is 0 Å². The predicted octanol–water partition coefficient (Wildman–Crippen LogP) is 2.29. The lowest BCUT2D eigenvalue weighted by Crippen LogP contribution is -2.08. The molecule has 0 saturated heterocycles. The van der Waals surface area contributed by atoms with E-state index in [-0.39, 0.29) is 25.1 Å². The number of benzene rings is 1. The van der Waals surface area contributed by atoms with E-state index in [0.717, 1.165) is 0 Å². The zero-order valence-corrected chi connectivity index (χ0v) is 9.57.